The molecule has 17 nitrogen and oxygen atoms in total. The van der Waals surface area contributed by atoms with E-state index in [2.05, 4.69) is 84.7 Å². The van der Waals surface area contributed by atoms with Gasteiger partial charge in [0.05, 0.1) is 64.8 Å². The highest BCUT2D eigenvalue weighted by Crippen LogP contribution is 2.28. The average Bonchev–Trinajstić information content (AvgIpc) is 3.55. The van der Waals surface area contributed by atoms with Crippen LogP contribution in [0.4, 0.5) is 32.8 Å². The topological polar surface area (TPSA) is 261 Å². The predicted octanol–water partition coefficient (Wildman–Crippen LogP) is 7.97. The summed E-state index contributed by atoms with van der Waals surface area (Å²) in [5.74, 6) is -0.810. The molecule has 0 saturated heterocycles. The van der Waals surface area contributed by atoms with Crippen molar-refractivity contribution in [2.45, 2.75) is 27.3 Å². The molecule has 0 unspecified atom stereocenters. The van der Waals surface area contributed by atoms with E-state index in [-0.39, 0.29) is 42.0 Å². The third-order valence-electron chi connectivity index (χ3n) is 6.77. The molecule has 0 aliphatic carbocycles. The van der Waals surface area contributed by atoms with Crippen molar-refractivity contribution in [3.05, 3.63) is 123 Å². The Labute approximate surface area is 371 Å². The van der Waals surface area contributed by atoms with E-state index >= 15 is 0 Å². The molecule has 1 amide bonds. The molecular weight excluding hydrogens is 1040 g/mol. The predicted molar refractivity (Wildman–Crippen MR) is 240 cm³/mol. The van der Waals surface area contributed by atoms with Gasteiger partial charge in [-0.3, -0.25) is 39.4 Å². The molecule has 0 radical (unpaired) electrons. The Morgan fingerprint density at radius 3 is 1.66 bits per heavy atom. The number of nitro benzene ring substituents is 2. The number of halogens is 5. The lowest BCUT2D eigenvalue weighted by Gasteiger charge is -2.07. The second-order valence-electron chi connectivity index (χ2n) is 11.7. The van der Waals surface area contributed by atoms with E-state index in [0.29, 0.717) is 33.4 Å². The number of nitro groups is 2. The van der Waals surface area contributed by atoms with Crippen molar-refractivity contribution in [3.8, 4) is 0 Å². The van der Waals surface area contributed by atoms with Crippen LogP contribution < -0.4 is 27.4 Å². The van der Waals surface area contributed by atoms with Gasteiger partial charge in [-0.05, 0) is 81.4 Å². The quantitative estimate of drug-likeness (QED) is 0.0478. The van der Waals surface area contributed by atoms with E-state index in [4.69, 9.17) is 11.5 Å². The standard InChI is InChI=1S/C10H9BrN2O.C9H9BrN2O3.C9H11BrN2O.C6H3BrFNO2.C3H8N2O/c1-7(14)5-13-6-12-9-4-8(11)2-3-10(9)13;1-6(13)5-11-8-3-2-7(10)4-9(8)12(14)15;1-6(13)5-12-9-3-2-7(10)4-8(9)11;7-4-1-2-5(8)6(3-4)9(10)11;1-5-3(6)2-4/h2-4,6H,5H2,1H3;2-4,11H,5H2,1H3;2-4,12H,5,11H2,1H3;1-3H;2,4H2,1H3,(H,5,6). The zero-order chi connectivity index (χ0) is 44.8. The highest BCUT2D eigenvalue weighted by atomic mass is 79.9. The molecule has 5 aromatic rings. The maximum atomic E-state index is 12.6. The fraction of sp³-hybridized carbons (Fsp3) is 0.216. The van der Waals surface area contributed by atoms with Crippen LogP contribution in [0.25, 0.3) is 11.0 Å². The molecule has 4 aromatic carbocycles. The van der Waals surface area contributed by atoms with E-state index in [1.165, 1.54) is 26.0 Å². The Hall–Kier alpha value is -5.16. The lowest BCUT2D eigenvalue weighted by Crippen LogP contribution is -2.26. The first kappa shape index (κ1) is 51.9. The largest absolute Gasteiger partial charge is 0.397 e. The smallest absolute Gasteiger partial charge is 0.305 e. The van der Waals surface area contributed by atoms with Crippen LogP contribution in [0.3, 0.4) is 0 Å². The number of rotatable bonds is 11. The number of fused-ring (bicyclic) bond motifs is 1. The second-order valence-corrected chi connectivity index (χ2v) is 15.4. The van der Waals surface area contributed by atoms with E-state index in [9.17, 15) is 43.8 Å². The number of Topliss-reactive ketones (excluding diaryl/α,β-unsaturated/α-hetero) is 3. The zero-order valence-electron chi connectivity index (χ0n) is 31.9. The average molecular weight is 1080 g/mol. The Balaban J connectivity index is 0.000000378. The van der Waals surface area contributed by atoms with Gasteiger partial charge in [0.1, 0.15) is 23.0 Å². The molecule has 7 N–H and O–H groups in total. The van der Waals surface area contributed by atoms with E-state index < -0.39 is 21.4 Å². The summed E-state index contributed by atoms with van der Waals surface area (Å²) in [7, 11) is 1.55. The number of carbonyl (C=O) groups excluding carboxylic acids is 4. The van der Waals surface area contributed by atoms with Gasteiger partial charge < -0.3 is 32.0 Å². The minimum atomic E-state index is -0.821. The van der Waals surface area contributed by atoms with Crippen LogP contribution in [0.15, 0.2) is 97.0 Å². The summed E-state index contributed by atoms with van der Waals surface area (Å²) in [6.45, 7) is 5.38. The van der Waals surface area contributed by atoms with Crippen molar-refractivity contribution in [2.75, 3.05) is 43.0 Å². The highest BCUT2D eigenvalue weighted by molar-refractivity contribution is 9.11. The Morgan fingerprint density at radius 1 is 0.729 bits per heavy atom. The van der Waals surface area contributed by atoms with Crippen LogP contribution >= 0.6 is 63.7 Å². The molecule has 0 bridgehead atoms. The molecule has 22 heteroatoms. The number of hydrogen-bond acceptors (Lipinski definition) is 13. The van der Waals surface area contributed by atoms with Crippen LogP contribution in [-0.4, -0.2) is 69.3 Å². The number of amides is 1. The second kappa shape index (κ2) is 26.8. The first-order valence-electron chi connectivity index (χ1n) is 16.7. The third kappa shape index (κ3) is 20.4. The number of hydrogen-bond donors (Lipinski definition) is 5. The molecule has 0 atom stereocenters. The van der Waals surface area contributed by atoms with Crippen LogP contribution in [0, 0.1) is 26.0 Å². The summed E-state index contributed by atoms with van der Waals surface area (Å²) in [5, 5.41) is 28.8. The Morgan fingerprint density at radius 2 is 1.20 bits per heavy atom. The van der Waals surface area contributed by atoms with E-state index in [0.717, 1.165) is 37.8 Å². The van der Waals surface area contributed by atoms with Gasteiger partial charge in [-0.2, -0.15) is 4.39 Å². The number of anilines is 3. The van der Waals surface area contributed by atoms with Crippen molar-refractivity contribution in [1.29, 1.82) is 0 Å². The zero-order valence-corrected chi connectivity index (χ0v) is 38.3. The minimum Gasteiger partial charge on any atom is -0.397 e. The highest BCUT2D eigenvalue weighted by Gasteiger charge is 2.14. The number of benzene rings is 4. The maximum Gasteiger partial charge on any atom is 0.305 e. The number of ketones is 3. The Kier molecular flexibility index (Phi) is 23.5. The summed E-state index contributed by atoms with van der Waals surface area (Å²) in [6.07, 6.45) is 1.69. The summed E-state index contributed by atoms with van der Waals surface area (Å²) >= 11 is 12.8. The summed E-state index contributed by atoms with van der Waals surface area (Å²) in [5.41, 5.74) is 13.7. The van der Waals surface area contributed by atoms with Gasteiger partial charge in [0.2, 0.25) is 11.7 Å². The van der Waals surface area contributed by atoms with Crippen molar-refractivity contribution in [1.82, 2.24) is 14.9 Å². The maximum absolute atomic E-state index is 12.6. The number of nitrogens with one attached hydrogen (secondary N) is 3. The van der Waals surface area contributed by atoms with E-state index in [1.807, 2.05) is 34.9 Å². The number of likely N-dealkylation sites (N-methyl/N-ethyl adjacent to an activating group) is 1. The fourth-order valence-corrected chi connectivity index (χ4v) is 5.50. The van der Waals surface area contributed by atoms with Crippen molar-refractivity contribution in [3.63, 3.8) is 0 Å². The van der Waals surface area contributed by atoms with Gasteiger partial charge in [0.25, 0.3) is 5.69 Å². The summed E-state index contributed by atoms with van der Waals surface area (Å²) in [4.78, 5) is 66.1. The normalized spacial score (nSPS) is 9.73. The lowest BCUT2D eigenvalue weighted by atomic mass is 10.2. The minimum absolute atomic E-state index is 0.0503. The molecule has 1 aromatic heterocycles. The third-order valence-corrected chi connectivity index (χ3v) is 8.74. The molecule has 0 spiro atoms. The van der Waals surface area contributed by atoms with Gasteiger partial charge in [0.15, 0.2) is 0 Å². The van der Waals surface area contributed by atoms with Crippen LogP contribution in [0.5, 0.6) is 0 Å². The molecule has 59 heavy (non-hydrogen) atoms. The van der Waals surface area contributed by atoms with Gasteiger partial charge in [0, 0.05) is 37.1 Å². The number of nitrogen functional groups attached to an aromatic ring is 1. The molecule has 5 rings (SSSR count). The Bertz CT molecular complexity index is 2260. The molecule has 0 aliphatic heterocycles. The fourth-order valence-electron chi connectivity index (χ4n) is 4.07. The molecular formula is C37H40Br4FN9O8. The SMILES string of the molecule is CC(=O)CNc1ccc(Br)cc1N.CC(=O)CNc1ccc(Br)cc1[N+](=O)[O-].CC(=O)Cn1cnc2cc(Br)ccc21.CNC(=O)CN.O=[N+]([O-])c1cc(Br)ccc1F. The van der Waals surface area contributed by atoms with Gasteiger partial charge in [-0.1, -0.05) is 63.7 Å². The number of imidazole rings is 1. The van der Waals surface area contributed by atoms with Gasteiger partial charge in [-0.25, -0.2) is 4.98 Å². The van der Waals surface area contributed by atoms with Crippen LogP contribution in [0.2, 0.25) is 0 Å². The van der Waals surface area contributed by atoms with Gasteiger partial charge in [-0.15, -0.1) is 0 Å². The molecule has 1 heterocycles. The monoisotopic (exact) mass is 1070 g/mol. The van der Waals surface area contributed by atoms with Gasteiger partial charge >= 0.3 is 5.69 Å². The number of aromatic nitrogens is 2. The first-order valence-corrected chi connectivity index (χ1v) is 19.9. The molecule has 0 fully saturated rings. The van der Waals surface area contributed by atoms with Crippen molar-refractivity contribution >= 4 is 126 Å². The number of nitrogens with two attached hydrogens (primary N) is 2. The first-order chi connectivity index (χ1) is 27.7. The van der Waals surface area contributed by atoms with Crippen molar-refractivity contribution < 1.29 is 33.4 Å². The summed E-state index contributed by atoms with van der Waals surface area (Å²) < 4.78 is 17.5. The van der Waals surface area contributed by atoms with Crippen LogP contribution in [-0.2, 0) is 25.7 Å². The molecule has 0 aliphatic rings. The number of nitrogens with zero attached hydrogens (tertiary/aromatic N) is 4. The van der Waals surface area contributed by atoms with Crippen molar-refractivity contribution in [2.24, 2.45) is 5.73 Å². The number of carbonyl (C=O) groups is 4. The lowest BCUT2D eigenvalue weighted by molar-refractivity contribution is -0.387. The molecule has 0 saturated carbocycles. The summed E-state index contributed by atoms with van der Waals surface area (Å²) in [6, 6.07) is 19.5. The van der Waals surface area contributed by atoms with E-state index in [1.54, 1.807) is 38.5 Å². The van der Waals surface area contributed by atoms with Crippen LogP contribution in [0.1, 0.15) is 20.8 Å². The molecule has 316 valence electrons.